The van der Waals surface area contributed by atoms with Crippen molar-refractivity contribution in [3.63, 3.8) is 0 Å². The molecular formula is C15H20N2. The van der Waals surface area contributed by atoms with Gasteiger partial charge in [0, 0.05) is 6.04 Å². The molecule has 1 aromatic rings. The second-order valence-electron chi connectivity index (χ2n) is 5.09. The molecule has 0 heterocycles. The maximum atomic E-state index is 9.28. The van der Waals surface area contributed by atoms with E-state index in [1.807, 2.05) is 0 Å². The summed E-state index contributed by atoms with van der Waals surface area (Å²) < 4.78 is 0. The molecular weight excluding hydrogens is 208 g/mol. The fourth-order valence-corrected chi connectivity index (χ4v) is 2.55. The van der Waals surface area contributed by atoms with Gasteiger partial charge in [-0.2, -0.15) is 5.26 Å². The van der Waals surface area contributed by atoms with Gasteiger partial charge in [0.15, 0.2) is 0 Å². The summed E-state index contributed by atoms with van der Waals surface area (Å²) in [5.41, 5.74) is 8.40. The molecule has 2 nitrogen and oxygen atoms in total. The molecule has 0 spiro atoms. The molecule has 1 fully saturated rings. The zero-order chi connectivity index (χ0) is 12.3. The van der Waals surface area contributed by atoms with Crippen molar-refractivity contribution in [3.8, 4) is 6.07 Å². The van der Waals surface area contributed by atoms with Gasteiger partial charge in [-0.25, -0.2) is 0 Å². The summed E-state index contributed by atoms with van der Waals surface area (Å²) in [6.45, 7) is 2.18. The summed E-state index contributed by atoms with van der Waals surface area (Å²) in [5, 5.41) is 9.28. The average molecular weight is 228 g/mol. The highest BCUT2D eigenvalue weighted by Crippen LogP contribution is 2.48. The molecule has 90 valence electrons. The zero-order valence-corrected chi connectivity index (χ0v) is 10.4. The van der Waals surface area contributed by atoms with Gasteiger partial charge < -0.3 is 5.73 Å². The van der Waals surface area contributed by atoms with Crippen LogP contribution in [0.5, 0.6) is 0 Å². The van der Waals surface area contributed by atoms with E-state index in [0.717, 1.165) is 37.7 Å². The van der Waals surface area contributed by atoms with Crippen LogP contribution in [0.25, 0.3) is 0 Å². The summed E-state index contributed by atoms with van der Waals surface area (Å²) in [7, 11) is 0. The van der Waals surface area contributed by atoms with Crippen LogP contribution in [0.1, 0.15) is 49.8 Å². The number of hydrogen-bond donors (Lipinski definition) is 1. The Labute approximate surface area is 103 Å². The van der Waals surface area contributed by atoms with Crippen molar-refractivity contribution in [3.05, 3.63) is 35.4 Å². The van der Waals surface area contributed by atoms with E-state index in [9.17, 15) is 5.26 Å². The van der Waals surface area contributed by atoms with E-state index in [4.69, 9.17) is 5.73 Å². The molecule has 0 aromatic heterocycles. The number of rotatable bonds is 4. The Kier molecular flexibility index (Phi) is 3.49. The number of nitriles is 1. The Morgan fingerprint density at radius 1 is 1.35 bits per heavy atom. The van der Waals surface area contributed by atoms with Crippen molar-refractivity contribution in [2.75, 3.05) is 0 Å². The summed E-state index contributed by atoms with van der Waals surface area (Å²) >= 11 is 0. The largest absolute Gasteiger partial charge is 0.323 e. The molecule has 1 saturated carbocycles. The van der Waals surface area contributed by atoms with Crippen molar-refractivity contribution in [2.45, 2.75) is 45.1 Å². The fourth-order valence-electron chi connectivity index (χ4n) is 2.55. The molecule has 2 N–H and O–H groups in total. The van der Waals surface area contributed by atoms with Gasteiger partial charge >= 0.3 is 0 Å². The normalized spacial score (nSPS) is 19.1. The van der Waals surface area contributed by atoms with Crippen molar-refractivity contribution in [1.29, 1.82) is 5.26 Å². The number of hydrogen-bond acceptors (Lipinski definition) is 2. The lowest BCUT2D eigenvalue weighted by Gasteiger charge is -2.40. The fraction of sp³-hybridized carbons (Fsp3) is 0.533. The van der Waals surface area contributed by atoms with Crippen LogP contribution in [0.15, 0.2) is 24.3 Å². The number of nitrogens with two attached hydrogens (primary N) is 1. The number of aryl methyl sites for hydroxylation is 1. The Morgan fingerprint density at radius 3 is 2.41 bits per heavy atom. The first-order chi connectivity index (χ1) is 8.22. The minimum atomic E-state index is -0.299. The highest BCUT2D eigenvalue weighted by Gasteiger charge is 2.43. The predicted octanol–water partition coefficient (Wildman–Crippen LogP) is 3.33. The highest BCUT2D eigenvalue weighted by atomic mass is 14.7. The molecule has 0 amide bonds. The second kappa shape index (κ2) is 4.89. The minimum absolute atomic E-state index is 0.128. The first-order valence-corrected chi connectivity index (χ1v) is 6.47. The summed E-state index contributed by atoms with van der Waals surface area (Å²) in [6.07, 6.45) is 5.30. The highest BCUT2D eigenvalue weighted by molar-refractivity contribution is 5.29. The Balaban J connectivity index is 2.14. The van der Waals surface area contributed by atoms with E-state index in [1.54, 1.807) is 0 Å². The molecule has 0 radical (unpaired) electrons. The lowest BCUT2D eigenvalue weighted by Crippen LogP contribution is -2.39. The maximum Gasteiger partial charge on any atom is 0.0766 e. The standard InChI is InChI=1S/C15H20N2/c1-2-4-12-5-7-13(8-6-12)14(17)15(11-16)9-3-10-15/h5-8,14H,2-4,9-10,17H2,1H3. The van der Waals surface area contributed by atoms with E-state index in [2.05, 4.69) is 37.3 Å². The zero-order valence-electron chi connectivity index (χ0n) is 10.4. The third kappa shape index (κ3) is 2.21. The lowest BCUT2D eigenvalue weighted by atomic mass is 9.64. The Bertz CT molecular complexity index is 410. The topological polar surface area (TPSA) is 49.8 Å². The van der Waals surface area contributed by atoms with Crippen LogP contribution >= 0.6 is 0 Å². The van der Waals surface area contributed by atoms with Crippen molar-refractivity contribution in [1.82, 2.24) is 0 Å². The molecule has 1 unspecified atom stereocenters. The van der Waals surface area contributed by atoms with Crippen LogP contribution in [0, 0.1) is 16.7 Å². The van der Waals surface area contributed by atoms with E-state index in [-0.39, 0.29) is 11.5 Å². The van der Waals surface area contributed by atoms with Crippen LogP contribution in [0.4, 0.5) is 0 Å². The summed E-state index contributed by atoms with van der Waals surface area (Å²) in [4.78, 5) is 0. The van der Waals surface area contributed by atoms with Gasteiger partial charge in [-0.15, -0.1) is 0 Å². The number of benzene rings is 1. The third-order valence-electron chi connectivity index (χ3n) is 3.94. The van der Waals surface area contributed by atoms with Gasteiger partial charge in [-0.3, -0.25) is 0 Å². The van der Waals surface area contributed by atoms with Crippen molar-refractivity contribution >= 4 is 0 Å². The Hall–Kier alpha value is -1.33. The molecule has 2 heteroatoms. The SMILES string of the molecule is CCCc1ccc(C(N)C2(C#N)CCC2)cc1. The lowest BCUT2D eigenvalue weighted by molar-refractivity contribution is 0.169. The van der Waals surface area contributed by atoms with E-state index >= 15 is 0 Å². The Morgan fingerprint density at radius 2 is 2.00 bits per heavy atom. The van der Waals surface area contributed by atoms with Gasteiger partial charge in [-0.05, 0) is 30.4 Å². The monoisotopic (exact) mass is 228 g/mol. The second-order valence-corrected chi connectivity index (χ2v) is 5.09. The first-order valence-electron chi connectivity index (χ1n) is 6.47. The maximum absolute atomic E-state index is 9.28. The van der Waals surface area contributed by atoms with Crippen molar-refractivity contribution in [2.24, 2.45) is 11.1 Å². The quantitative estimate of drug-likeness (QED) is 0.859. The first kappa shape index (κ1) is 12.1. The van der Waals surface area contributed by atoms with Gasteiger partial charge in [-0.1, -0.05) is 44.0 Å². The van der Waals surface area contributed by atoms with Gasteiger partial charge in [0.25, 0.3) is 0 Å². The van der Waals surface area contributed by atoms with Crippen LogP contribution in [0.2, 0.25) is 0 Å². The smallest absolute Gasteiger partial charge is 0.0766 e. The van der Waals surface area contributed by atoms with Crippen LogP contribution < -0.4 is 5.73 Å². The minimum Gasteiger partial charge on any atom is -0.323 e. The summed E-state index contributed by atoms with van der Waals surface area (Å²) in [5.74, 6) is 0. The molecule has 0 saturated heterocycles. The molecule has 1 aromatic carbocycles. The van der Waals surface area contributed by atoms with E-state index in [0.29, 0.717) is 0 Å². The molecule has 0 aliphatic heterocycles. The number of nitrogens with zero attached hydrogens (tertiary/aromatic N) is 1. The van der Waals surface area contributed by atoms with Crippen LogP contribution in [-0.4, -0.2) is 0 Å². The molecule has 0 bridgehead atoms. The molecule has 1 aliphatic rings. The van der Waals surface area contributed by atoms with Gasteiger partial charge in [0.05, 0.1) is 11.5 Å². The van der Waals surface area contributed by atoms with Crippen LogP contribution in [0.3, 0.4) is 0 Å². The van der Waals surface area contributed by atoms with E-state index < -0.39 is 0 Å². The van der Waals surface area contributed by atoms with Gasteiger partial charge in [0.1, 0.15) is 0 Å². The summed E-state index contributed by atoms with van der Waals surface area (Å²) in [6, 6.07) is 10.8. The predicted molar refractivity (Wildman–Crippen MR) is 69.3 cm³/mol. The average Bonchev–Trinajstić information content (AvgIpc) is 2.29. The molecule has 17 heavy (non-hydrogen) atoms. The van der Waals surface area contributed by atoms with Gasteiger partial charge in [0.2, 0.25) is 0 Å². The van der Waals surface area contributed by atoms with E-state index in [1.165, 1.54) is 5.56 Å². The van der Waals surface area contributed by atoms with Crippen LogP contribution in [-0.2, 0) is 6.42 Å². The molecule has 1 aliphatic carbocycles. The third-order valence-corrected chi connectivity index (χ3v) is 3.94. The molecule has 1 atom stereocenters. The van der Waals surface area contributed by atoms with Crippen molar-refractivity contribution < 1.29 is 0 Å². The molecule has 2 rings (SSSR count).